The van der Waals surface area contributed by atoms with Crippen molar-refractivity contribution in [2.45, 2.75) is 130 Å². The van der Waals surface area contributed by atoms with Crippen molar-refractivity contribution in [1.82, 2.24) is 0 Å². The van der Waals surface area contributed by atoms with Gasteiger partial charge in [-0.3, -0.25) is 0 Å². The smallest absolute Gasteiger partial charge is 0.0849 e. The van der Waals surface area contributed by atoms with E-state index >= 15 is 0 Å². The predicted octanol–water partition coefficient (Wildman–Crippen LogP) is 6.50. The van der Waals surface area contributed by atoms with E-state index in [1.807, 2.05) is 0 Å². The summed E-state index contributed by atoms with van der Waals surface area (Å²) in [6.07, 6.45) is 10.3. The molecule has 0 aliphatic heterocycles. The van der Waals surface area contributed by atoms with Crippen LogP contribution in [0, 0.1) is 45.3 Å². The van der Waals surface area contributed by atoms with Gasteiger partial charge in [-0.1, -0.05) is 46.8 Å². The van der Waals surface area contributed by atoms with Gasteiger partial charge in [-0.15, -0.1) is 0 Å². The number of aliphatic hydroxyl groups excluding tert-OH is 2. The molecule has 4 fully saturated rings. The Balaban J connectivity index is 1.55. The van der Waals surface area contributed by atoms with Crippen LogP contribution in [-0.4, -0.2) is 33.1 Å². The third-order valence-corrected chi connectivity index (χ3v) is 12.5. The molecule has 4 saturated carbocycles. The molecule has 0 amide bonds. The maximum absolute atomic E-state index is 10.8. The number of aliphatic hydroxyl groups is 3. The first-order valence-electron chi connectivity index (χ1n) is 13.8. The van der Waals surface area contributed by atoms with E-state index in [0.29, 0.717) is 40.4 Å². The Hall–Kier alpha value is -0.380. The topological polar surface area (TPSA) is 60.7 Å². The fourth-order valence-corrected chi connectivity index (χ4v) is 10.1. The van der Waals surface area contributed by atoms with E-state index < -0.39 is 11.7 Å². The van der Waals surface area contributed by atoms with E-state index in [4.69, 9.17) is 0 Å². The van der Waals surface area contributed by atoms with E-state index in [1.165, 1.54) is 50.5 Å². The minimum atomic E-state index is -1.05. The first-order chi connectivity index (χ1) is 15.1. The lowest BCUT2D eigenvalue weighted by atomic mass is 9.35. The van der Waals surface area contributed by atoms with Gasteiger partial charge in [0.15, 0.2) is 0 Å². The van der Waals surface area contributed by atoms with Crippen LogP contribution in [0.4, 0.5) is 0 Å². The highest BCUT2D eigenvalue weighted by molar-refractivity contribution is 5.20. The zero-order chi connectivity index (χ0) is 24.6. The lowest BCUT2D eigenvalue weighted by Gasteiger charge is -2.69. The van der Waals surface area contributed by atoms with Gasteiger partial charge in [-0.05, 0) is 123 Å². The minimum Gasteiger partial charge on any atom is -0.393 e. The van der Waals surface area contributed by atoms with Crippen LogP contribution in [-0.2, 0) is 0 Å². The Bertz CT molecular complexity index is 765. The number of rotatable bonds is 5. The molecule has 0 aromatic carbocycles. The van der Waals surface area contributed by atoms with Gasteiger partial charge in [-0.2, -0.15) is 0 Å². The summed E-state index contributed by atoms with van der Waals surface area (Å²) in [4.78, 5) is 0. The van der Waals surface area contributed by atoms with E-state index in [-0.39, 0.29) is 11.5 Å². The molecular weight excluding hydrogens is 408 g/mol. The number of hydrogen-bond acceptors (Lipinski definition) is 3. The van der Waals surface area contributed by atoms with Crippen molar-refractivity contribution >= 4 is 0 Å². The standard InChI is InChI=1S/C30H52O3/c1-19(9-12-25(32)27(4,5)33)20-13-17-29(7)21(20)10-11-23-28(6)16-15-24(31)26(2,3)22(28)14-18-30(23,29)8/h20-25,31-33H,1,9-18H2,2-8H3/t20-,21+,22+,23-,24+,25+,28+,29+,30-/m1/s1. The van der Waals surface area contributed by atoms with Crippen molar-refractivity contribution in [3.63, 3.8) is 0 Å². The molecule has 190 valence electrons. The lowest BCUT2D eigenvalue weighted by molar-refractivity contribution is -0.220. The summed E-state index contributed by atoms with van der Waals surface area (Å²) in [6.45, 7) is 20.4. The first-order valence-corrected chi connectivity index (χ1v) is 13.8. The Morgan fingerprint density at radius 2 is 1.55 bits per heavy atom. The fourth-order valence-electron chi connectivity index (χ4n) is 10.1. The second-order valence-electron chi connectivity index (χ2n) is 14.6. The van der Waals surface area contributed by atoms with Crippen LogP contribution in [0.3, 0.4) is 0 Å². The summed E-state index contributed by atoms with van der Waals surface area (Å²) in [6, 6.07) is 0. The van der Waals surface area contributed by atoms with Gasteiger partial charge in [-0.25, -0.2) is 0 Å². The van der Waals surface area contributed by atoms with Gasteiger partial charge < -0.3 is 15.3 Å². The van der Waals surface area contributed by atoms with Crippen molar-refractivity contribution in [2.24, 2.45) is 45.3 Å². The second-order valence-corrected chi connectivity index (χ2v) is 14.6. The van der Waals surface area contributed by atoms with E-state index in [0.717, 1.165) is 18.8 Å². The van der Waals surface area contributed by atoms with Crippen molar-refractivity contribution in [3.8, 4) is 0 Å². The number of hydrogen-bond donors (Lipinski definition) is 3. The Morgan fingerprint density at radius 1 is 0.909 bits per heavy atom. The summed E-state index contributed by atoms with van der Waals surface area (Å²) in [5.74, 6) is 2.59. The Morgan fingerprint density at radius 3 is 2.18 bits per heavy atom. The molecular formula is C30H52O3. The molecule has 3 heteroatoms. The molecule has 3 nitrogen and oxygen atoms in total. The maximum atomic E-state index is 10.8. The highest BCUT2D eigenvalue weighted by atomic mass is 16.3. The van der Waals surface area contributed by atoms with Gasteiger partial charge in [0.25, 0.3) is 0 Å². The number of allylic oxidation sites excluding steroid dienone is 1. The van der Waals surface area contributed by atoms with E-state index in [1.54, 1.807) is 13.8 Å². The third-order valence-electron chi connectivity index (χ3n) is 12.5. The monoisotopic (exact) mass is 460 g/mol. The maximum Gasteiger partial charge on any atom is 0.0849 e. The molecule has 0 heterocycles. The lowest BCUT2D eigenvalue weighted by Crippen LogP contribution is -2.63. The molecule has 4 aliphatic carbocycles. The highest BCUT2D eigenvalue weighted by Crippen LogP contribution is 2.75. The quantitative estimate of drug-likeness (QED) is 0.410. The molecule has 0 radical (unpaired) electrons. The van der Waals surface area contributed by atoms with Crippen molar-refractivity contribution in [2.75, 3.05) is 0 Å². The summed E-state index contributed by atoms with van der Waals surface area (Å²) in [5, 5.41) is 31.3. The average molecular weight is 461 g/mol. The predicted molar refractivity (Wildman–Crippen MR) is 136 cm³/mol. The Kier molecular flexibility index (Phi) is 6.28. The van der Waals surface area contributed by atoms with E-state index in [2.05, 4.69) is 41.2 Å². The van der Waals surface area contributed by atoms with Gasteiger partial charge in [0.05, 0.1) is 17.8 Å². The van der Waals surface area contributed by atoms with E-state index in [9.17, 15) is 15.3 Å². The molecule has 0 bridgehead atoms. The second kappa shape index (κ2) is 8.07. The van der Waals surface area contributed by atoms with Crippen LogP contribution in [0.25, 0.3) is 0 Å². The normalized spacial score (nSPS) is 47.9. The molecule has 9 atom stereocenters. The van der Waals surface area contributed by atoms with Crippen molar-refractivity contribution < 1.29 is 15.3 Å². The molecule has 0 saturated heterocycles. The molecule has 0 aromatic rings. The SMILES string of the molecule is C=C(CC[C@H](O)C(C)(C)O)[C@H]1CC[C@@]2(C)[C@H]1CC[C@@H]1[C@@]3(C)CC[C@H](O)C(C)(C)[C@@H]3CC[C@]12C. The largest absolute Gasteiger partial charge is 0.393 e. The third kappa shape index (κ3) is 3.70. The summed E-state index contributed by atoms with van der Waals surface area (Å²) in [7, 11) is 0. The molecule has 4 aliphatic rings. The van der Waals surface area contributed by atoms with Crippen LogP contribution in [0.1, 0.15) is 113 Å². The van der Waals surface area contributed by atoms with Gasteiger partial charge >= 0.3 is 0 Å². The van der Waals surface area contributed by atoms with Gasteiger partial charge in [0, 0.05) is 0 Å². The van der Waals surface area contributed by atoms with Crippen molar-refractivity contribution in [3.05, 3.63) is 12.2 Å². The zero-order valence-corrected chi connectivity index (χ0v) is 22.6. The van der Waals surface area contributed by atoms with Gasteiger partial charge in [0.2, 0.25) is 0 Å². The highest BCUT2D eigenvalue weighted by Gasteiger charge is 2.68. The van der Waals surface area contributed by atoms with Crippen LogP contribution >= 0.6 is 0 Å². The summed E-state index contributed by atoms with van der Waals surface area (Å²) < 4.78 is 0. The molecule has 33 heavy (non-hydrogen) atoms. The summed E-state index contributed by atoms with van der Waals surface area (Å²) >= 11 is 0. The van der Waals surface area contributed by atoms with Gasteiger partial charge in [0.1, 0.15) is 0 Å². The molecule has 0 unspecified atom stereocenters. The fraction of sp³-hybridized carbons (Fsp3) is 0.933. The molecule has 4 rings (SSSR count). The average Bonchev–Trinajstić information content (AvgIpc) is 3.07. The van der Waals surface area contributed by atoms with Crippen LogP contribution in [0.15, 0.2) is 12.2 Å². The van der Waals surface area contributed by atoms with Crippen LogP contribution in [0.2, 0.25) is 0 Å². The number of fused-ring (bicyclic) bond motifs is 5. The first kappa shape index (κ1) is 25.7. The molecule has 0 aromatic heterocycles. The zero-order valence-electron chi connectivity index (χ0n) is 22.6. The molecule has 3 N–H and O–H groups in total. The molecule has 0 spiro atoms. The van der Waals surface area contributed by atoms with Crippen LogP contribution in [0.5, 0.6) is 0 Å². The minimum absolute atomic E-state index is 0.0138. The Labute approximate surface area is 203 Å². The van der Waals surface area contributed by atoms with Crippen LogP contribution < -0.4 is 0 Å². The van der Waals surface area contributed by atoms with Crippen molar-refractivity contribution in [1.29, 1.82) is 0 Å². The summed E-state index contributed by atoms with van der Waals surface area (Å²) in [5.41, 5.74) is 1.28.